The van der Waals surface area contributed by atoms with Gasteiger partial charge in [0.05, 0.1) is 6.10 Å². The third kappa shape index (κ3) is 3.35. The maximum atomic E-state index is 12.5. The van der Waals surface area contributed by atoms with Crippen molar-refractivity contribution in [3.8, 4) is 0 Å². The second-order valence-electron chi connectivity index (χ2n) is 6.37. The highest BCUT2D eigenvalue weighted by Crippen LogP contribution is 2.30. The molecular formula is C18H25NO2. The van der Waals surface area contributed by atoms with Gasteiger partial charge in [-0.25, -0.2) is 0 Å². The second kappa shape index (κ2) is 6.71. The van der Waals surface area contributed by atoms with Crippen molar-refractivity contribution in [1.82, 2.24) is 4.90 Å². The Morgan fingerprint density at radius 2 is 1.81 bits per heavy atom. The fourth-order valence-corrected chi connectivity index (χ4v) is 3.83. The molecule has 0 unspecified atom stereocenters. The van der Waals surface area contributed by atoms with Gasteiger partial charge < -0.3 is 9.64 Å². The molecule has 2 atom stereocenters. The highest BCUT2D eigenvalue weighted by Gasteiger charge is 2.33. The largest absolute Gasteiger partial charge is 0.381 e. The fraction of sp³-hybridized carbons (Fsp3) is 0.611. The van der Waals surface area contributed by atoms with Gasteiger partial charge in [0.25, 0.3) is 0 Å². The van der Waals surface area contributed by atoms with Gasteiger partial charge in [0, 0.05) is 24.6 Å². The van der Waals surface area contributed by atoms with E-state index in [4.69, 9.17) is 4.74 Å². The number of Topliss-reactive ketones (excluding diaryl/α,β-unsaturated/α-hetero) is 1. The van der Waals surface area contributed by atoms with Crippen LogP contribution in [0, 0.1) is 5.92 Å². The molecule has 2 aliphatic rings. The third-order valence-electron chi connectivity index (χ3n) is 5.17. The lowest BCUT2D eigenvalue weighted by atomic mass is 9.88. The van der Waals surface area contributed by atoms with Crippen LogP contribution in [0.15, 0.2) is 30.3 Å². The number of likely N-dealkylation sites (tertiary alicyclic amines) is 1. The maximum Gasteiger partial charge on any atom is 0.166 e. The van der Waals surface area contributed by atoms with Crippen LogP contribution in [0.2, 0.25) is 0 Å². The molecule has 0 amide bonds. The van der Waals surface area contributed by atoms with Crippen molar-refractivity contribution in [2.24, 2.45) is 5.92 Å². The Morgan fingerprint density at radius 3 is 2.43 bits per heavy atom. The van der Waals surface area contributed by atoms with Gasteiger partial charge in [0.1, 0.15) is 0 Å². The van der Waals surface area contributed by atoms with Gasteiger partial charge in [-0.3, -0.25) is 4.79 Å². The number of ether oxygens (including phenoxy) is 1. The molecule has 0 bridgehead atoms. The smallest absolute Gasteiger partial charge is 0.166 e. The van der Waals surface area contributed by atoms with Crippen molar-refractivity contribution in [1.29, 1.82) is 0 Å². The molecule has 3 rings (SSSR count). The molecule has 0 N–H and O–H groups in total. The second-order valence-corrected chi connectivity index (χ2v) is 6.37. The third-order valence-corrected chi connectivity index (χ3v) is 5.17. The monoisotopic (exact) mass is 287 g/mol. The van der Waals surface area contributed by atoms with E-state index in [1.54, 1.807) is 0 Å². The van der Waals surface area contributed by atoms with Crippen LogP contribution in [0.5, 0.6) is 0 Å². The molecule has 3 nitrogen and oxygen atoms in total. The number of carbonyl (C=O) groups excluding carboxylic acids is 1. The molecule has 0 aromatic heterocycles. The van der Waals surface area contributed by atoms with Gasteiger partial charge in [-0.1, -0.05) is 30.3 Å². The van der Waals surface area contributed by atoms with Crippen LogP contribution in [0.3, 0.4) is 0 Å². The van der Waals surface area contributed by atoms with Crippen LogP contribution in [-0.4, -0.2) is 43.0 Å². The number of hydrogen-bond acceptors (Lipinski definition) is 3. The lowest BCUT2D eigenvalue weighted by molar-refractivity contribution is 0.0732. The van der Waals surface area contributed by atoms with Crippen LogP contribution in [0.4, 0.5) is 0 Å². The van der Waals surface area contributed by atoms with Crippen molar-refractivity contribution in [3.05, 3.63) is 35.9 Å². The van der Waals surface area contributed by atoms with Crippen LogP contribution in [-0.2, 0) is 4.74 Å². The molecule has 1 aliphatic carbocycles. The van der Waals surface area contributed by atoms with Crippen LogP contribution >= 0.6 is 0 Å². The Labute approximate surface area is 127 Å². The number of hydrogen-bond donors (Lipinski definition) is 0. The Hall–Kier alpha value is -1.19. The summed E-state index contributed by atoms with van der Waals surface area (Å²) >= 11 is 0. The van der Waals surface area contributed by atoms with E-state index in [1.807, 2.05) is 37.4 Å². The van der Waals surface area contributed by atoms with E-state index in [0.29, 0.717) is 17.9 Å². The number of benzene rings is 1. The molecule has 1 saturated carbocycles. The summed E-state index contributed by atoms with van der Waals surface area (Å²) in [5.74, 6) is 0.541. The van der Waals surface area contributed by atoms with Crippen LogP contribution < -0.4 is 0 Å². The number of carbonyl (C=O) groups is 1. The minimum Gasteiger partial charge on any atom is -0.381 e. The summed E-state index contributed by atoms with van der Waals surface area (Å²) in [6.07, 6.45) is 6.04. The van der Waals surface area contributed by atoms with Gasteiger partial charge >= 0.3 is 0 Å². The molecule has 0 radical (unpaired) electrons. The summed E-state index contributed by atoms with van der Waals surface area (Å²) in [5, 5.41) is 0. The van der Waals surface area contributed by atoms with Crippen molar-refractivity contribution in [2.75, 3.05) is 20.2 Å². The summed E-state index contributed by atoms with van der Waals surface area (Å²) < 4.78 is 5.47. The first-order chi connectivity index (χ1) is 10.3. The summed E-state index contributed by atoms with van der Waals surface area (Å²) in [4.78, 5) is 15.1. The van der Waals surface area contributed by atoms with Gasteiger partial charge in [-0.05, 0) is 45.2 Å². The molecule has 1 aliphatic heterocycles. The van der Waals surface area contributed by atoms with E-state index in [1.165, 1.54) is 12.8 Å². The lowest BCUT2D eigenvalue weighted by Crippen LogP contribution is -2.42. The van der Waals surface area contributed by atoms with Gasteiger partial charge in [-0.2, -0.15) is 0 Å². The zero-order chi connectivity index (χ0) is 14.7. The first-order valence-electron chi connectivity index (χ1n) is 8.14. The van der Waals surface area contributed by atoms with Crippen molar-refractivity contribution in [2.45, 2.75) is 44.2 Å². The molecule has 1 heterocycles. The van der Waals surface area contributed by atoms with Gasteiger partial charge in [0.15, 0.2) is 5.78 Å². The van der Waals surface area contributed by atoms with E-state index in [-0.39, 0.29) is 5.92 Å². The Kier molecular flexibility index (Phi) is 4.71. The number of rotatable bonds is 4. The number of piperidine rings is 1. The highest BCUT2D eigenvalue weighted by atomic mass is 16.5. The van der Waals surface area contributed by atoms with Crippen LogP contribution in [0.25, 0.3) is 0 Å². The summed E-state index contributed by atoms with van der Waals surface area (Å²) in [7, 11) is 1.82. The molecule has 0 spiro atoms. The maximum absolute atomic E-state index is 12.5. The predicted molar refractivity (Wildman–Crippen MR) is 83.5 cm³/mol. The predicted octanol–water partition coefficient (Wildman–Crippen LogP) is 3.15. The zero-order valence-corrected chi connectivity index (χ0v) is 12.8. The summed E-state index contributed by atoms with van der Waals surface area (Å²) in [6, 6.07) is 10.4. The number of ketones is 1. The first kappa shape index (κ1) is 14.7. The average Bonchev–Trinajstić information content (AvgIpc) is 3.04. The van der Waals surface area contributed by atoms with Crippen molar-refractivity contribution in [3.63, 3.8) is 0 Å². The molecule has 1 aromatic carbocycles. The van der Waals surface area contributed by atoms with Gasteiger partial charge in [0.2, 0.25) is 0 Å². The molecule has 114 valence electrons. The molecule has 1 saturated heterocycles. The molecule has 21 heavy (non-hydrogen) atoms. The molecule has 3 heteroatoms. The minimum atomic E-state index is 0.211. The quantitative estimate of drug-likeness (QED) is 0.797. The van der Waals surface area contributed by atoms with Crippen LogP contribution in [0.1, 0.15) is 42.5 Å². The average molecular weight is 287 g/mol. The van der Waals surface area contributed by atoms with E-state index in [9.17, 15) is 4.79 Å². The normalized spacial score (nSPS) is 27.9. The molecule has 2 fully saturated rings. The summed E-state index contributed by atoms with van der Waals surface area (Å²) in [5.41, 5.74) is 0.872. The number of methoxy groups -OCH3 is 1. The Morgan fingerprint density at radius 1 is 1.10 bits per heavy atom. The fourth-order valence-electron chi connectivity index (χ4n) is 3.83. The Balaban J connectivity index is 1.52. The van der Waals surface area contributed by atoms with E-state index in [0.717, 1.165) is 37.9 Å². The van der Waals surface area contributed by atoms with Crippen molar-refractivity contribution < 1.29 is 9.53 Å². The van der Waals surface area contributed by atoms with Crippen molar-refractivity contribution >= 4 is 5.78 Å². The highest BCUT2D eigenvalue weighted by molar-refractivity contribution is 5.97. The van der Waals surface area contributed by atoms with E-state index >= 15 is 0 Å². The topological polar surface area (TPSA) is 29.5 Å². The standard InChI is InChI=1S/C18H25NO2/c1-21-17-8-7-16(13-17)19-11-9-15(10-12-19)18(20)14-5-3-2-4-6-14/h2-6,15-17H,7-13H2,1H3/t16-,17-/m0/s1. The molecule has 1 aromatic rings. The number of nitrogens with zero attached hydrogens (tertiary/aromatic N) is 1. The zero-order valence-electron chi connectivity index (χ0n) is 12.8. The Bertz CT molecular complexity index is 465. The first-order valence-corrected chi connectivity index (χ1v) is 8.14. The SMILES string of the molecule is CO[C@H]1CC[C@H](N2CCC(C(=O)c3ccccc3)CC2)C1. The summed E-state index contributed by atoms with van der Waals surface area (Å²) in [6.45, 7) is 2.12. The van der Waals surface area contributed by atoms with E-state index in [2.05, 4.69) is 4.90 Å². The minimum absolute atomic E-state index is 0.211. The van der Waals surface area contributed by atoms with Gasteiger partial charge in [-0.15, -0.1) is 0 Å². The van der Waals surface area contributed by atoms with E-state index < -0.39 is 0 Å². The lowest BCUT2D eigenvalue weighted by Gasteiger charge is -2.35. The molecular weight excluding hydrogens is 262 g/mol.